The van der Waals surface area contributed by atoms with E-state index in [1.54, 1.807) is 0 Å². The van der Waals surface area contributed by atoms with Crippen molar-refractivity contribution < 1.29 is 12.8 Å². The van der Waals surface area contributed by atoms with Crippen LogP contribution in [0.2, 0.25) is 0 Å². The second kappa shape index (κ2) is 4.08. The fourth-order valence-electron chi connectivity index (χ4n) is 1.74. The minimum Gasteiger partial charge on any atom is -0.315 e. The molecule has 0 radical (unpaired) electrons. The lowest BCUT2D eigenvalue weighted by Crippen LogP contribution is -2.41. The van der Waals surface area contributed by atoms with Crippen molar-refractivity contribution >= 4 is 10.0 Å². The smallest absolute Gasteiger partial charge is 0.264 e. The van der Waals surface area contributed by atoms with E-state index in [-0.39, 0.29) is 0 Å². The van der Waals surface area contributed by atoms with Gasteiger partial charge >= 0.3 is 0 Å². The minimum atomic E-state index is -3.90. The van der Waals surface area contributed by atoms with E-state index in [9.17, 15) is 12.8 Å². The molecule has 1 unspecified atom stereocenters. The summed E-state index contributed by atoms with van der Waals surface area (Å²) >= 11 is 0. The Hall–Kier alpha value is -1.05. The fourth-order valence-corrected chi connectivity index (χ4v) is 3.30. The molecule has 5 nitrogen and oxygen atoms in total. The average molecular weight is 245 g/mol. The standard InChI is InChI=1S/C9H12FN3O2S/c10-7-3-1-5-12-9(7)16(14,15)13-6-2-4-8(13)11/h1,3,5,8H,2,4,6,11H2. The third-order valence-corrected chi connectivity index (χ3v) is 4.39. The van der Waals surface area contributed by atoms with E-state index >= 15 is 0 Å². The van der Waals surface area contributed by atoms with E-state index < -0.39 is 27.0 Å². The number of aromatic nitrogens is 1. The van der Waals surface area contributed by atoms with E-state index in [1.807, 2.05) is 0 Å². The topological polar surface area (TPSA) is 76.3 Å². The molecule has 88 valence electrons. The van der Waals surface area contributed by atoms with Crippen LogP contribution >= 0.6 is 0 Å². The molecule has 0 aromatic carbocycles. The second-order valence-electron chi connectivity index (χ2n) is 3.62. The number of halogens is 1. The van der Waals surface area contributed by atoms with Crippen molar-refractivity contribution in [1.29, 1.82) is 0 Å². The summed E-state index contributed by atoms with van der Waals surface area (Å²) in [5, 5.41) is -0.549. The van der Waals surface area contributed by atoms with Gasteiger partial charge in [0.1, 0.15) is 0 Å². The van der Waals surface area contributed by atoms with Crippen LogP contribution < -0.4 is 5.73 Å². The van der Waals surface area contributed by atoms with Crippen molar-refractivity contribution in [3.63, 3.8) is 0 Å². The molecule has 2 heterocycles. The van der Waals surface area contributed by atoms with Crippen LogP contribution in [0, 0.1) is 5.82 Å². The molecule has 1 aliphatic heterocycles. The molecular formula is C9H12FN3O2S. The first kappa shape index (κ1) is 11.4. The van der Waals surface area contributed by atoms with E-state index in [0.29, 0.717) is 19.4 Å². The van der Waals surface area contributed by atoms with Gasteiger partial charge in [-0.3, -0.25) is 0 Å². The van der Waals surface area contributed by atoms with E-state index in [0.717, 1.165) is 10.4 Å². The van der Waals surface area contributed by atoms with Crippen molar-refractivity contribution in [3.8, 4) is 0 Å². The highest BCUT2D eigenvalue weighted by Crippen LogP contribution is 2.23. The number of rotatable bonds is 2. The average Bonchev–Trinajstić information content (AvgIpc) is 2.65. The van der Waals surface area contributed by atoms with Crippen molar-refractivity contribution in [2.75, 3.05) is 6.54 Å². The zero-order chi connectivity index (χ0) is 11.8. The quantitative estimate of drug-likeness (QED) is 0.812. The van der Waals surface area contributed by atoms with Crippen LogP contribution in [0.5, 0.6) is 0 Å². The van der Waals surface area contributed by atoms with E-state index in [1.165, 1.54) is 12.3 Å². The SMILES string of the molecule is NC1CCCN1S(=O)(=O)c1ncccc1F. The van der Waals surface area contributed by atoms with Crippen LogP contribution in [0.1, 0.15) is 12.8 Å². The van der Waals surface area contributed by atoms with Gasteiger partial charge in [0.2, 0.25) is 5.03 Å². The number of pyridine rings is 1. The molecule has 2 N–H and O–H groups in total. The molecule has 0 saturated carbocycles. The normalized spacial score (nSPS) is 22.5. The number of hydrogen-bond donors (Lipinski definition) is 1. The Balaban J connectivity index is 2.43. The lowest BCUT2D eigenvalue weighted by atomic mass is 10.3. The highest BCUT2D eigenvalue weighted by molar-refractivity contribution is 7.89. The lowest BCUT2D eigenvalue weighted by Gasteiger charge is -2.19. The Morgan fingerprint density at radius 3 is 2.88 bits per heavy atom. The molecule has 1 aromatic heterocycles. The molecule has 0 aliphatic carbocycles. The number of nitrogens with zero attached hydrogens (tertiary/aromatic N) is 2. The Bertz CT molecular complexity index is 491. The summed E-state index contributed by atoms with van der Waals surface area (Å²) in [6.45, 7) is 0.319. The first-order valence-electron chi connectivity index (χ1n) is 4.91. The highest BCUT2D eigenvalue weighted by atomic mass is 32.2. The van der Waals surface area contributed by atoms with Crippen LogP contribution in [0.3, 0.4) is 0 Å². The summed E-state index contributed by atoms with van der Waals surface area (Å²) in [5.74, 6) is -0.846. The van der Waals surface area contributed by atoms with E-state index in [4.69, 9.17) is 5.73 Å². The predicted octanol–water partition coefficient (Wildman–Crippen LogP) is 0.290. The molecule has 16 heavy (non-hydrogen) atoms. The lowest BCUT2D eigenvalue weighted by molar-refractivity contribution is 0.390. The molecule has 1 aromatic rings. The maximum Gasteiger partial charge on any atom is 0.264 e. The van der Waals surface area contributed by atoms with Crippen LogP contribution in [-0.2, 0) is 10.0 Å². The van der Waals surface area contributed by atoms with Gasteiger partial charge in [-0.1, -0.05) is 0 Å². The molecule has 7 heteroatoms. The van der Waals surface area contributed by atoms with Gasteiger partial charge in [-0.05, 0) is 25.0 Å². The van der Waals surface area contributed by atoms with Gasteiger partial charge in [-0.25, -0.2) is 17.8 Å². The molecule has 1 fully saturated rings. The van der Waals surface area contributed by atoms with Gasteiger partial charge < -0.3 is 5.73 Å². The molecule has 2 rings (SSSR count). The van der Waals surface area contributed by atoms with Gasteiger partial charge in [0.05, 0.1) is 6.17 Å². The Morgan fingerprint density at radius 2 is 2.31 bits per heavy atom. The molecule has 1 saturated heterocycles. The van der Waals surface area contributed by atoms with Crippen LogP contribution in [0.25, 0.3) is 0 Å². The number of sulfonamides is 1. The van der Waals surface area contributed by atoms with Gasteiger partial charge in [0.25, 0.3) is 10.0 Å². The van der Waals surface area contributed by atoms with Crippen molar-refractivity contribution in [2.24, 2.45) is 5.73 Å². The van der Waals surface area contributed by atoms with Gasteiger partial charge in [-0.2, -0.15) is 4.31 Å². The fraction of sp³-hybridized carbons (Fsp3) is 0.444. The Kier molecular flexibility index (Phi) is 2.92. The van der Waals surface area contributed by atoms with Crippen molar-refractivity contribution in [1.82, 2.24) is 9.29 Å². The first-order valence-corrected chi connectivity index (χ1v) is 6.35. The monoisotopic (exact) mass is 245 g/mol. The highest BCUT2D eigenvalue weighted by Gasteiger charge is 2.35. The number of hydrogen-bond acceptors (Lipinski definition) is 4. The summed E-state index contributed by atoms with van der Waals surface area (Å²) in [7, 11) is -3.90. The van der Waals surface area contributed by atoms with Crippen molar-refractivity contribution in [2.45, 2.75) is 24.0 Å². The van der Waals surface area contributed by atoms with Crippen LogP contribution in [0.15, 0.2) is 23.4 Å². The zero-order valence-corrected chi connectivity index (χ0v) is 9.32. The summed E-state index contributed by atoms with van der Waals surface area (Å²) in [6, 6.07) is 2.42. The molecule has 0 spiro atoms. The minimum absolute atomic E-state index is 0.319. The second-order valence-corrected chi connectivity index (χ2v) is 5.42. The maximum absolute atomic E-state index is 13.4. The van der Waals surface area contributed by atoms with Crippen LogP contribution in [-0.4, -0.2) is 30.4 Å². The first-order chi connectivity index (χ1) is 7.53. The largest absolute Gasteiger partial charge is 0.315 e. The molecule has 1 atom stereocenters. The van der Waals surface area contributed by atoms with Gasteiger partial charge in [-0.15, -0.1) is 0 Å². The van der Waals surface area contributed by atoms with Gasteiger partial charge in [0, 0.05) is 12.7 Å². The zero-order valence-electron chi connectivity index (χ0n) is 8.51. The molecule has 0 bridgehead atoms. The maximum atomic E-state index is 13.4. The molecule has 1 aliphatic rings. The van der Waals surface area contributed by atoms with Crippen molar-refractivity contribution in [3.05, 3.63) is 24.1 Å². The molecular weight excluding hydrogens is 233 g/mol. The summed E-state index contributed by atoms with van der Waals surface area (Å²) < 4.78 is 38.5. The Labute approximate surface area is 93.1 Å². The van der Waals surface area contributed by atoms with E-state index in [2.05, 4.69) is 4.98 Å². The Morgan fingerprint density at radius 1 is 1.56 bits per heavy atom. The van der Waals surface area contributed by atoms with Gasteiger partial charge in [0.15, 0.2) is 5.82 Å². The third-order valence-electron chi connectivity index (χ3n) is 2.53. The van der Waals surface area contributed by atoms with Crippen LogP contribution in [0.4, 0.5) is 4.39 Å². The number of nitrogens with two attached hydrogens (primary N) is 1. The summed E-state index contributed by atoms with van der Waals surface area (Å²) in [4.78, 5) is 3.57. The third kappa shape index (κ3) is 1.81. The summed E-state index contributed by atoms with van der Waals surface area (Å²) in [5.41, 5.74) is 5.65. The summed E-state index contributed by atoms with van der Waals surface area (Å²) in [6.07, 6.45) is 1.95. The predicted molar refractivity (Wildman–Crippen MR) is 55.3 cm³/mol. The molecule has 0 amide bonds.